The monoisotopic (exact) mass is 538 g/mol. The number of aromatic nitrogens is 3. The Labute approximate surface area is 213 Å². The van der Waals surface area contributed by atoms with Gasteiger partial charge in [0.05, 0.1) is 17.1 Å². The summed E-state index contributed by atoms with van der Waals surface area (Å²) in [6.45, 7) is 1.82. The van der Waals surface area contributed by atoms with Crippen LogP contribution in [0.15, 0.2) is 73.7 Å². The Morgan fingerprint density at radius 2 is 1.86 bits per heavy atom. The fourth-order valence-electron chi connectivity index (χ4n) is 3.47. The van der Waals surface area contributed by atoms with E-state index in [0.717, 1.165) is 0 Å². The van der Waals surface area contributed by atoms with Crippen LogP contribution in [0.1, 0.15) is 5.56 Å². The lowest BCUT2D eigenvalue weighted by atomic mass is 10.1. The van der Waals surface area contributed by atoms with Gasteiger partial charge in [0.2, 0.25) is 0 Å². The number of nitrogens with zero attached hydrogens (tertiary/aromatic N) is 3. The number of allylic oxidation sites excluding steroid dienone is 1. The third kappa shape index (κ3) is 6.55. The first-order valence-electron chi connectivity index (χ1n) is 10.9. The number of rotatable bonds is 10. The fourth-order valence-corrected chi connectivity index (χ4v) is 3.69. The van der Waals surface area contributed by atoms with Gasteiger partial charge < -0.3 is 19.4 Å². The van der Waals surface area contributed by atoms with Crippen molar-refractivity contribution >= 4 is 34.1 Å². The fraction of sp³-hybridized carbons (Fsp3) is 0.200. The smallest absolute Gasteiger partial charge is 0.411 e. The highest BCUT2D eigenvalue weighted by atomic mass is 35.5. The summed E-state index contributed by atoms with van der Waals surface area (Å²) < 4.78 is 76.9. The van der Waals surface area contributed by atoms with Gasteiger partial charge in [-0.15, -0.1) is 0 Å². The lowest BCUT2D eigenvalue weighted by Gasteiger charge is -2.15. The molecule has 0 spiro atoms. The molecule has 4 rings (SSSR count). The van der Waals surface area contributed by atoms with Crippen LogP contribution in [-0.2, 0) is 17.2 Å². The molecule has 4 aromatic rings. The van der Waals surface area contributed by atoms with E-state index in [1.807, 2.05) is 0 Å². The van der Waals surface area contributed by atoms with Gasteiger partial charge in [0.15, 0.2) is 5.82 Å². The second-order valence-electron chi connectivity index (χ2n) is 7.86. The highest BCUT2D eigenvalue weighted by Gasteiger charge is 2.28. The van der Waals surface area contributed by atoms with Gasteiger partial charge in [-0.05, 0) is 42.5 Å². The zero-order chi connectivity index (χ0) is 26.6. The molecule has 0 fully saturated rings. The molecule has 0 unspecified atom stereocenters. The summed E-state index contributed by atoms with van der Waals surface area (Å²) >= 11 is 6.38. The van der Waals surface area contributed by atoms with Crippen LogP contribution >= 0.6 is 11.6 Å². The maximum Gasteiger partial charge on any atom is 0.411 e. The second kappa shape index (κ2) is 10.7. The Morgan fingerprint density at radius 1 is 1.05 bits per heavy atom. The summed E-state index contributed by atoms with van der Waals surface area (Å²) in [5.74, 6) is -2.40. The van der Waals surface area contributed by atoms with E-state index >= 15 is 0 Å². The number of ether oxygens (including phenoxy) is 2. The van der Waals surface area contributed by atoms with E-state index in [0.29, 0.717) is 28.6 Å². The van der Waals surface area contributed by atoms with Crippen LogP contribution in [0.5, 0.6) is 11.5 Å². The lowest BCUT2D eigenvalue weighted by molar-refractivity contribution is -0.174. The van der Waals surface area contributed by atoms with Gasteiger partial charge in [-0.25, -0.2) is 9.97 Å². The number of nitrogens with one attached hydrogen (secondary N) is 1. The normalized spacial score (nSPS) is 12.1. The van der Waals surface area contributed by atoms with Crippen LogP contribution in [0.2, 0.25) is 5.02 Å². The highest BCUT2D eigenvalue weighted by Crippen LogP contribution is 2.36. The maximum absolute atomic E-state index is 13.9. The average Bonchev–Trinajstić information content (AvgIpc) is 3.27. The molecule has 6 nitrogen and oxygen atoms in total. The van der Waals surface area contributed by atoms with Crippen molar-refractivity contribution in [3.8, 4) is 11.5 Å². The molecule has 0 aliphatic carbocycles. The number of anilines is 2. The number of hydrogen-bond acceptors (Lipinski definition) is 5. The Balaban J connectivity index is 1.50. The molecule has 0 atom stereocenters. The molecule has 0 aliphatic heterocycles. The molecule has 2 heterocycles. The van der Waals surface area contributed by atoms with Crippen molar-refractivity contribution in [2.75, 3.05) is 18.5 Å². The van der Waals surface area contributed by atoms with E-state index in [2.05, 4.69) is 21.9 Å². The third-order valence-corrected chi connectivity index (χ3v) is 5.49. The molecule has 0 aliphatic rings. The summed E-state index contributed by atoms with van der Waals surface area (Å²) in [5.41, 5.74) is 1.41. The number of halogens is 6. The summed E-state index contributed by atoms with van der Waals surface area (Å²) in [6.07, 6.45) is -0.825. The van der Waals surface area contributed by atoms with E-state index in [4.69, 9.17) is 21.1 Å². The van der Waals surface area contributed by atoms with E-state index in [9.17, 15) is 22.0 Å². The van der Waals surface area contributed by atoms with E-state index in [1.165, 1.54) is 30.6 Å². The van der Waals surface area contributed by atoms with Gasteiger partial charge in [0, 0.05) is 24.0 Å². The predicted octanol–water partition coefficient (Wildman–Crippen LogP) is 7.48. The summed E-state index contributed by atoms with van der Waals surface area (Å²) in [7, 11) is 0. The predicted molar refractivity (Wildman–Crippen MR) is 130 cm³/mol. The largest absolute Gasteiger partial charge is 0.456 e. The quantitative estimate of drug-likeness (QED) is 0.129. The topological polar surface area (TPSA) is 61.2 Å². The first-order chi connectivity index (χ1) is 17.6. The molecule has 0 bridgehead atoms. The summed E-state index contributed by atoms with van der Waals surface area (Å²) in [4.78, 5) is 8.43. The van der Waals surface area contributed by atoms with Crippen LogP contribution in [0.25, 0.3) is 11.0 Å². The minimum Gasteiger partial charge on any atom is -0.456 e. The molecule has 0 saturated carbocycles. The number of hydrogen-bond donors (Lipinski definition) is 1. The molecule has 1 N–H and O–H groups in total. The zero-order valence-electron chi connectivity index (χ0n) is 19.1. The average molecular weight is 539 g/mol. The Morgan fingerprint density at radius 3 is 2.59 bits per heavy atom. The molecule has 2 aromatic carbocycles. The van der Waals surface area contributed by atoms with Gasteiger partial charge in [-0.2, -0.15) is 22.0 Å². The van der Waals surface area contributed by atoms with Crippen molar-refractivity contribution in [2.24, 2.45) is 0 Å². The zero-order valence-corrected chi connectivity index (χ0v) is 19.9. The molecule has 0 radical (unpaired) electrons. The summed E-state index contributed by atoms with van der Waals surface area (Å²) in [5, 5.41) is 3.31. The van der Waals surface area contributed by atoms with Crippen molar-refractivity contribution in [3.05, 3.63) is 84.3 Å². The van der Waals surface area contributed by atoms with Crippen LogP contribution in [0, 0.1) is 0 Å². The molecule has 37 heavy (non-hydrogen) atoms. The van der Waals surface area contributed by atoms with Gasteiger partial charge in [0.1, 0.15) is 29.9 Å². The van der Waals surface area contributed by atoms with Crippen LogP contribution < -0.4 is 10.1 Å². The van der Waals surface area contributed by atoms with Crippen molar-refractivity contribution in [2.45, 2.75) is 18.6 Å². The Hall–Kier alpha value is -3.70. The first-order valence-corrected chi connectivity index (χ1v) is 11.2. The van der Waals surface area contributed by atoms with Gasteiger partial charge in [-0.1, -0.05) is 30.3 Å². The standard InChI is InChI=1S/C25H20ClF5N4O2/c1-2-24(27,28)16-4-3-5-18(12-16)37-21-7-6-17(13-19(21)26)34-23-22-20(32-15-33-23)8-9-35(22)10-11-36-14-25(29,30)31/h2-9,12-13,15H,1,10-11,14H2,(H,32,33,34). The number of benzene rings is 2. The van der Waals surface area contributed by atoms with Crippen molar-refractivity contribution in [3.63, 3.8) is 0 Å². The van der Waals surface area contributed by atoms with Crippen LogP contribution in [0.3, 0.4) is 0 Å². The number of fused-ring (bicyclic) bond motifs is 1. The van der Waals surface area contributed by atoms with E-state index in [1.54, 1.807) is 35.0 Å². The first kappa shape index (κ1) is 26.4. The van der Waals surface area contributed by atoms with E-state index < -0.39 is 18.7 Å². The van der Waals surface area contributed by atoms with Crippen LogP contribution in [-0.4, -0.2) is 33.9 Å². The molecule has 12 heteroatoms. The highest BCUT2D eigenvalue weighted by molar-refractivity contribution is 6.32. The third-order valence-electron chi connectivity index (χ3n) is 5.19. The second-order valence-corrected chi connectivity index (χ2v) is 8.27. The van der Waals surface area contributed by atoms with Crippen molar-refractivity contribution in [1.82, 2.24) is 14.5 Å². The SMILES string of the molecule is C=CC(F)(F)c1cccc(Oc2ccc(Nc3ncnc4ccn(CCOCC(F)(F)F)c34)cc2Cl)c1. The minimum atomic E-state index is -4.40. The van der Waals surface area contributed by atoms with Crippen LogP contribution in [0.4, 0.5) is 33.5 Å². The maximum atomic E-state index is 13.9. The van der Waals surface area contributed by atoms with Crippen molar-refractivity contribution in [1.29, 1.82) is 0 Å². The van der Waals surface area contributed by atoms with Gasteiger partial charge in [-0.3, -0.25) is 0 Å². The Kier molecular flexibility index (Phi) is 7.65. The molecular weight excluding hydrogens is 519 g/mol. The number of alkyl halides is 5. The van der Waals surface area contributed by atoms with E-state index in [-0.39, 0.29) is 35.2 Å². The minimum absolute atomic E-state index is 0.152. The molecule has 0 amide bonds. The molecule has 2 aromatic heterocycles. The van der Waals surface area contributed by atoms with Crippen molar-refractivity contribution < 1.29 is 31.4 Å². The molecular formula is C25H20ClF5N4O2. The van der Waals surface area contributed by atoms with Gasteiger partial charge >= 0.3 is 6.18 Å². The Bertz CT molecular complexity index is 1410. The molecule has 194 valence electrons. The molecule has 0 saturated heterocycles. The summed E-state index contributed by atoms with van der Waals surface area (Å²) in [6, 6.07) is 11.9. The lowest BCUT2D eigenvalue weighted by Crippen LogP contribution is -2.19. The van der Waals surface area contributed by atoms with Gasteiger partial charge in [0.25, 0.3) is 5.92 Å².